The third-order valence-electron chi connectivity index (χ3n) is 5.19. The molecule has 158 valence electrons. The lowest BCUT2D eigenvalue weighted by Crippen LogP contribution is -2.30. The Kier molecular flexibility index (Phi) is 5.60. The Labute approximate surface area is 192 Å². The molecule has 0 atom stereocenters. The Balaban J connectivity index is 1.42. The molecule has 0 fully saturated rings. The summed E-state index contributed by atoms with van der Waals surface area (Å²) < 4.78 is 5.23. The molecule has 5 rings (SSSR count). The Morgan fingerprint density at radius 1 is 1.23 bits per heavy atom. The number of amides is 1. The molecule has 0 unspecified atom stereocenters. The number of fused-ring (bicyclic) bond motifs is 3. The minimum absolute atomic E-state index is 0.262. The molecule has 1 amide bonds. The smallest absolute Gasteiger partial charge is 0.273 e. The first kappa shape index (κ1) is 20.4. The van der Waals surface area contributed by atoms with Gasteiger partial charge in [0.2, 0.25) is 0 Å². The van der Waals surface area contributed by atoms with Crippen LogP contribution in [0.5, 0.6) is 0 Å². The van der Waals surface area contributed by atoms with Gasteiger partial charge in [0.05, 0.1) is 23.0 Å². The second-order valence-corrected chi connectivity index (χ2v) is 9.81. The molecule has 3 heterocycles. The Morgan fingerprint density at radius 2 is 2.06 bits per heavy atom. The van der Waals surface area contributed by atoms with Crippen LogP contribution in [-0.4, -0.2) is 15.9 Å². The van der Waals surface area contributed by atoms with Crippen LogP contribution >= 0.6 is 34.7 Å². The van der Waals surface area contributed by atoms with Crippen molar-refractivity contribution in [2.45, 2.75) is 36.8 Å². The Morgan fingerprint density at radius 3 is 2.84 bits per heavy atom. The van der Waals surface area contributed by atoms with Gasteiger partial charge in [0.1, 0.15) is 16.4 Å². The number of aromatic nitrogens is 2. The number of rotatable bonds is 6. The predicted molar refractivity (Wildman–Crippen MR) is 125 cm³/mol. The number of thiophene rings is 1. The van der Waals surface area contributed by atoms with E-state index in [0.29, 0.717) is 33.7 Å². The molecule has 9 heteroatoms. The molecule has 3 aromatic heterocycles. The highest BCUT2D eigenvalue weighted by Crippen LogP contribution is 2.39. The molecule has 4 aromatic rings. The van der Waals surface area contributed by atoms with Gasteiger partial charge in [0, 0.05) is 14.8 Å². The zero-order valence-electron chi connectivity index (χ0n) is 16.7. The van der Waals surface area contributed by atoms with E-state index in [1.807, 2.05) is 24.3 Å². The normalized spacial score (nSPS) is 12.8. The summed E-state index contributed by atoms with van der Waals surface area (Å²) in [7, 11) is 0. The van der Waals surface area contributed by atoms with Crippen LogP contribution < -0.4 is 10.9 Å². The van der Waals surface area contributed by atoms with E-state index in [-0.39, 0.29) is 5.91 Å². The maximum atomic E-state index is 12.5. The van der Waals surface area contributed by atoms with E-state index in [2.05, 4.69) is 10.9 Å². The van der Waals surface area contributed by atoms with Gasteiger partial charge in [-0.3, -0.25) is 15.6 Å². The maximum absolute atomic E-state index is 12.5. The van der Waals surface area contributed by atoms with E-state index < -0.39 is 0 Å². The van der Waals surface area contributed by atoms with Gasteiger partial charge in [-0.2, -0.15) is 0 Å². The fourth-order valence-electron chi connectivity index (χ4n) is 3.68. The summed E-state index contributed by atoms with van der Waals surface area (Å²) in [6, 6.07) is 9.37. The van der Waals surface area contributed by atoms with Crippen LogP contribution in [0.3, 0.4) is 0 Å². The fraction of sp³-hybridized carbons (Fsp3) is 0.227. The molecular weight excluding hydrogens is 452 g/mol. The Hall–Kier alpha value is -2.55. The summed E-state index contributed by atoms with van der Waals surface area (Å²) in [5.41, 5.74) is 7.61. The van der Waals surface area contributed by atoms with Gasteiger partial charge in [-0.05, 0) is 62.1 Å². The van der Waals surface area contributed by atoms with Gasteiger partial charge in [-0.1, -0.05) is 11.6 Å². The fourth-order valence-corrected chi connectivity index (χ4v) is 5.84. The highest BCUT2D eigenvalue weighted by molar-refractivity contribution is 7.98. The summed E-state index contributed by atoms with van der Waals surface area (Å²) >= 11 is 9.35. The van der Waals surface area contributed by atoms with Crippen molar-refractivity contribution in [3.63, 3.8) is 0 Å². The van der Waals surface area contributed by atoms with Crippen molar-refractivity contribution in [2.24, 2.45) is 0 Å². The number of hydrazine groups is 1. The number of aryl methyl sites for hydroxylation is 3. The second-order valence-electron chi connectivity index (χ2n) is 7.24. The summed E-state index contributed by atoms with van der Waals surface area (Å²) in [6.07, 6.45) is 4.74. The van der Waals surface area contributed by atoms with Gasteiger partial charge < -0.3 is 4.42 Å². The number of hydrogen-bond donors (Lipinski definition) is 2. The first-order chi connectivity index (χ1) is 15.1. The van der Waals surface area contributed by atoms with Crippen molar-refractivity contribution in [3.8, 4) is 0 Å². The lowest BCUT2D eigenvalue weighted by atomic mass is 10.2. The van der Waals surface area contributed by atoms with Crippen LogP contribution in [0.25, 0.3) is 10.2 Å². The molecular formula is C22H19ClN4O2S2. The van der Waals surface area contributed by atoms with Gasteiger partial charge in [-0.25, -0.2) is 9.97 Å². The molecule has 1 aliphatic rings. The number of hydrogen-bond acceptors (Lipinski definition) is 7. The van der Waals surface area contributed by atoms with E-state index in [9.17, 15) is 4.79 Å². The van der Waals surface area contributed by atoms with E-state index in [1.54, 1.807) is 36.1 Å². The molecule has 0 aliphatic heterocycles. The van der Waals surface area contributed by atoms with Crippen molar-refractivity contribution in [3.05, 3.63) is 69.2 Å². The van der Waals surface area contributed by atoms with Gasteiger partial charge in [0.15, 0.2) is 5.82 Å². The van der Waals surface area contributed by atoms with E-state index in [0.717, 1.165) is 34.4 Å². The predicted octanol–water partition coefficient (Wildman–Crippen LogP) is 5.78. The molecule has 1 aromatic carbocycles. The monoisotopic (exact) mass is 470 g/mol. The first-order valence-electron chi connectivity index (χ1n) is 9.88. The average molecular weight is 471 g/mol. The Bertz CT molecular complexity index is 1270. The standard InChI is InChI=1S/C22H19ClN4O2S2/c1-12-15(9-10-29-12)21(28)27-26-20-19-16-3-2-4-17(16)31-22(19)25-18(24-20)11-30-14-7-5-13(23)6-8-14/h5-10H,2-4,11H2,1H3,(H,27,28)(H,24,25,26). The second kappa shape index (κ2) is 8.53. The lowest BCUT2D eigenvalue weighted by molar-refractivity contribution is 0.0961. The SMILES string of the molecule is Cc1occc1C(=O)NNc1nc(CSc2ccc(Cl)cc2)nc2sc3c(c12)CCC3. The quantitative estimate of drug-likeness (QED) is 0.274. The van der Waals surface area contributed by atoms with Crippen molar-refractivity contribution in [1.29, 1.82) is 0 Å². The van der Waals surface area contributed by atoms with Crippen LogP contribution in [0, 0.1) is 6.92 Å². The van der Waals surface area contributed by atoms with Crippen LogP contribution in [0.15, 0.2) is 45.9 Å². The number of furan rings is 1. The maximum Gasteiger partial charge on any atom is 0.273 e. The van der Waals surface area contributed by atoms with E-state index in [4.69, 9.17) is 26.0 Å². The lowest BCUT2D eigenvalue weighted by Gasteiger charge is -2.11. The number of nitrogens with zero attached hydrogens (tertiary/aromatic N) is 2. The third-order valence-corrected chi connectivity index (χ3v) is 7.64. The minimum Gasteiger partial charge on any atom is -0.469 e. The van der Waals surface area contributed by atoms with Gasteiger partial charge >= 0.3 is 0 Å². The number of benzene rings is 1. The summed E-state index contributed by atoms with van der Waals surface area (Å²) in [4.78, 5) is 25.5. The number of halogens is 1. The number of carbonyl (C=O) groups excluding carboxylic acids is 1. The minimum atomic E-state index is -0.262. The molecule has 0 spiro atoms. The molecule has 0 radical (unpaired) electrons. The number of carbonyl (C=O) groups is 1. The topological polar surface area (TPSA) is 80.0 Å². The van der Waals surface area contributed by atoms with E-state index in [1.165, 1.54) is 16.7 Å². The first-order valence-corrected chi connectivity index (χ1v) is 12.1. The molecule has 6 nitrogen and oxygen atoms in total. The number of nitrogens with one attached hydrogen (secondary N) is 2. The van der Waals surface area contributed by atoms with Crippen LogP contribution in [0.2, 0.25) is 5.02 Å². The van der Waals surface area contributed by atoms with Crippen molar-refractivity contribution in [1.82, 2.24) is 15.4 Å². The molecule has 31 heavy (non-hydrogen) atoms. The van der Waals surface area contributed by atoms with E-state index >= 15 is 0 Å². The van der Waals surface area contributed by atoms with Crippen molar-refractivity contribution in [2.75, 3.05) is 5.43 Å². The zero-order chi connectivity index (χ0) is 21.4. The summed E-state index contributed by atoms with van der Waals surface area (Å²) in [5.74, 6) is 2.28. The number of anilines is 1. The zero-order valence-corrected chi connectivity index (χ0v) is 19.1. The van der Waals surface area contributed by atoms with Gasteiger partial charge in [-0.15, -0.1) is 23.1 Å². The molecule has 1 aliphatic carbocycles. The summed E-state index contributed by atoms with van der Waals surface area (Å²) in [5, 5.41) is 1.73. The van der Waals surface area contributed by atoms with Crippen molar-refractivity contribution < 1.29 is 9.21 Å². The molecule has 2 N–H and O–H groups in total. The van der Waals surface area contributed by atoms with Crippen molar-refractivity contribution >= 4 is 56.6 Å². The largest absolute Gasteiger partial charge is 0.469 e. The summed E-state index contributed by atoms with van der Waals surface area (Å²) in [6.45, 7) is 1.76. The van der Waals surface area contributed by atoms with Gasteiger partial charge in [0.25, 0.3) is 5.91 Å². The average Bonchev–Trinajstić information content (AvgIpc) is 3.47. The molecule has 0 bridgehead atoms. The van der Waals surface area contributed by atoms with Crippen LogP contribution in [-0.2, 0) is 18.6 Å². The van der Waals surface area contributed by atoms with Crippen LogP contribution in [0.1, 0.15) is 38.8 Å². The highest BCUT2D eigenvalue weighted by atomic mass is 35.5. The van der Waals surface area contributed by atoms with Crippen LogP contribution in [0.4, 0.5) is 5.82 Å². The number of thioether (sulfide) groups is 1. The third kappa shape index (κ3) is 4.15. The molecule has 0 saturated carbocycles. The highest BCUT2D eigenvalue weighted by Gasteiger charge is 2.23. The molecule has 0 saturated heterocycles.